The lowest BCUT2D eigenvalue weighted by atomic mass is 9.72. The summed E-state index contributed by atoms with van der Waals surface area (Å²) in [6.45, 7) is 6.46. The van der Waals surface area contributed by atoms with Gasteiger partial charge in [-0.3, -0.25) is 14.7 Å². The Morgan fingerprint density at radius 1 is 1.10 bits per heavy atom. The quantitative estimate of drug-likeness (QED) is 0.207. The molecule has 1 spiro atoms. The number of imidazole rings is 1. The number of carboxylic acid groups (broad SMARTS) is 1. The molecule has 1 aromatic carbocycles. The molecule has 1 saturated carbocycles. The number of amides is 1. The van der Waals surface area contributed by atoms with Crippen LogP contribution in [-0.4, -0.2) is 107 Å². The molecule has 2 atom stereocenters. The number of hydrogen-bond donors (Lipinski definition) is 4. The maximum absolute atomic E-state index is 13.3. The third-order valence-corrected chi connectivity index (χ3v) is 10.6. The van der Waals surface area contributed by atoms with Crippen LogP contribution in [0.4, 0.5) is 30.4 Å². The number of nitrogens with one attached hydrogen (secondary N) is 3. The molecule has 276 valence electrons. The molecule has 0 unspecified atom stereocenters. The summed E-state index contributed by atoms with van der Waals surface area (Å²) in [5.74, 6) is -2.19. The summed E-state index contributed by atoms with van der Waals surface area (Å²) in [6, 6.07) is 12.8. The molecule has 16 heteroatoms. The number of hydrogen-bond acceptors (Lipinski definition) is 10. The number of fused-ring (bicyclic) bond motifs is 2. The minimum atomic E-state index is -5.08. The summed E-state index contributed by atoms with van der Waals surface area (Å²) < 4.78 is 38.9. The Morgan fingerprint density at radius 3 is 2.50 bits per heavy atom. The van der Waals surface area contributed by atoms with Gasteiger partial charge in [-0.05, 0) is 73.9 Å². The molecule has 1 aliphatic carbocycles. The van der Waals surface area contributed by atoms with Crippen molar-refractivity contribution in [3.8, 4) is 11.3 Å². The van der Waals surface area contributed by atoms with Gasteiger partial charge < -0.3 is 30.7 Å². The molecule has 4 aliphatic rings. The summed E-state index contributed by atoms with van der Waals surface area (Å²) in [6.07, 6.45) is 3.95. The smallest absolute Gasteiger partial charge is 0.475 e. The van der Waals surface area contributed by atoms with E-state index in [-0.39, 0.29) is 18.1 Å². The average Bonchev–Trinajstić information content (AvgIpc) is 3.75. The van der Waals surface area contributed by atoms with Gasteiger partial charge in [0.1, 0.15) is 0 Å². The first-order chi connectivity index (χ1) is 25.0. The Labute approximate surface area is 298 Å². The van der Waals surface area contributed by atoms with Gasteiger partial charge in [0.25, 0.3) is 5.91 Å². The van der Waals surface area contributed by atoms with Crippen molar-refractivity contribution >= 4 is 34.7 Å². The number of carboxylic acids is 1. The molecule has 13 nitrogen and oxygen atoms in total. The van der Waals surface area contributed by atoms with E-state index in [1.807, 2.05) is 19.3 Å². The van der Waals surface area contributed by atoms with Crippen LogP contribution in [0.3, 0.4) is 0 Å². The Hall–Kier alpha value is -4.80. The molecule has 8 rings (SSSR count). The number of nitrogens with zero attached hydrogens (tertiary/aromatic N) is 6. The van der Waals surface area contributed by atoms with Crippen molar-refractivity contribution in [2.75, 3.05) is 57.1 Å². The second-order valence-electron chi connectivity index (χ2n) is 13.9. The lowest BCUT2D eigenvalue weighted by Crippen LogP contribution is -2.59. The number of ether oxygens (including phenoxy) is 1. The van der Waals surface area contributed by atoms with E-state index in [4.69, 9.17) is 24.7 Å². The van der Waals surface area contributed by atoms with Crippen molar-refractivity contribution in [3.05, 3.63) is 65.6 Å². The van der Waals surface area contributed by atoms with Gasteiger partial charge in [0.15, 0.2) is 17.2 Å². The van der Waals surface area contributed by atoms with E-state index in [9.17, 15) is 18.0 Å². The summed E-state index contributed by atoms with van der Waals surface area (Å²) in [7, 11) is 3.55. The van der Waals surface area contributed by atoms with E-state index < -0.39 is 12.1 Å². The van der Waals surface area contributed by atoms with E-state index in [1.54, 1.807) is 17.8 Å². The van der Waals surface area contributed by atoms with Crippen LogP contribution in [0.25, 0.3) is 16.9 Å². The number of anilines is 3. The fourth-order valence-corrected chi connectivity index (χ4v) is 7.72. The Kier molecular flexibility index (Phi) is 9.80. The lowest BCUT2D eigenvalue weighted by Gasteiger charge is -2.52. The number of carbonyl (C=O) groups excluding carboxylic acids is 1. The zero-order valence-corrected chi connectivity index (χ0v) is 29.0. The molecule has 0 bridgehead atoms. The molecular weight excluding hydrogens is 679 g/mol. The maximum Gasteiger partial charge on any atom is 0.490 e. The standard InChI is InChI=1S/C34H41N9O2.C2HF3O2/c1-35-27-16-31(40-43-29(18-38-32(27)43)33(44)39-26-8-9-30(26)45-2)42-15-10-24-23(4-3-5-28(24)42)25-7-6-22(17-37-25)19-41-20-34(21-41)11-13-36-14-12-34;3-2(4,5)1(6)7/h3-7,16-18,26,30,35-36H,8-15,19-21H2,1-2H3,(H,39,44);(H,6,7)/t26-,30-;/m1./s1. The van der Waals surface area contributed by atoms with Gasteiger partial charge in [0, 0.05) is 63.9 Å². The zero-order chi connectivity index (χ0) is 36.6. The maximum atomic E-state index is 13.3. The van der Waals surface area contributed by atoms with Crippen molar-refractivity contribution < 1.29 is 32.6 Å². The molecule has 3 aliphatic heterocycles. The van der Waals surface area contributed by atoms with Gasteiger partial charge in [-0.1, -0.05) is 18.2 Å². The molecule has 4 N–H and O–H groups in total. The monoisotopic (exact) mass is 721 g/mol. The molecule has 4 aromatic rings. The number of pyridine rings is 1. The molecule has 6 heterocycles. The summed E-state index contributed by atoms with van der Waals surface area (Å²) in [4.78, 5) is 36.4. The van der Waals surface area contributed by atoms with Crippen LogP contribution in [0.15, 0.2) is 48.8 Å². The number of halogens is 3. The van der Waals surface area contributed by atoms with Crippen LogP contribution in [-0.2, 0) is 22.5 Å². The predicted octanol–water partition coefficient (Wildman–Crippen LogP) is 4.25. The largest absolute Gasteiger partial charge is 0.490 e. The topological polar surface area (TPSA) is 149 Å². The number of rotatable bonds is 8. The van der Waals surface area contributed by atoms with E-state index in [2.05, 4.69) is 61.1 Å². The lowest BCUT2D eigenvalue weighted by molar-refractivity contribution is -0.192. The fourth-order valence-electron chi connectivity index (χ4n) is 7.72. The molecule has 1 amide bonds. The third-order valence-electron chi connectivity index (χ3n) is 10.6. The molecular formula is C36H42F3N9O4. The third kappa shape index (κ3) is 7.01. The highest BCUT2D eigenvalue weighted by atomic mass is 19.4. The second kappa shape index (κ2) is 14.3. The van der Waals surface area contributed by atoms with E-state index >= 15 is 0 Å². The van der Waals surface area contributed by atoms with Crippen LogP contribution in [0, 0.1) is 5.41 Å². The van der Waals surface area contributed by atoms with Crippen molar-refractivity contribution in [2.24, 2.45) is 5.41 Å². The molecule has 52 heavy (non-hydrogen) atoms. The number of aromatic nitrogens is 4. The van der Waals surface area contributed by atoms with Crippen molar-refractivity contribution in [3.63, 3.8) is 0 Å². The first-order valence-corrected chi connectivity index (χ1v) is 17.5. The summed E-state index contributed by atoms with van der Waals surface area (Å²) in [5, 5.41) is 21.9. The number of methoxy groups -OCH3 is 1. The van der Waals surface area contributed by atoms with Crippen molar-refractivity contribution in [2.45, 2.75) is 57.0 Å². The highest BCUT2D eigenvalue weighted by Gasteiger charge is 2.43. The van der Waals surface area contributed by atoms with Crippen LogP contribution in [0.2, 0.25) is 0 Å². The molecule has 2 saturated heterocycles. The van der Waals surface area contributed by atoms with Crippen molar-refractivity contribution in [1.82, 2.24) is 35.1 Å². The number of carbonyl (C=O) groups is 2. The van der Waals surface area contributed by atoms with Gasteiger partial charge in [0.05, 0.1) is 29.7 Å². The number of alkyl halides is 3. The number of aliphatic carboxylic acids is 1. The van der Waals surface area contributed by atoms with Crippen LogP contribution >= 0.6 is 0 Å². The first kappa shape index (κ1) is 35.6. The number of likely N-dealkylation sites (tertiary alicyclic amines) is 1. The normalized spacial score (nSPS) is 20.8. The number of benzene rings is 1. The minimum Gasteiger partial charge on any atom is -0.475 e. The minimum absolute atomic E-state index is 0.00806. The Morgan fingerprint density at radius 2 is 1.87 bits per heavy atom. The molecule has 3 fully saturated rings. The van der Waals surface area contributed by atoms with Gasteiger partial charge in [-0.15, -0.1) is 5.10 Å². The van der Waals surface area contributed by atoms with Gasteiger partial charge in [-0.2, -0.15) is 13.2 Å². The second-order valence-corrected chi connectivity index (χ2v) is 13.9. The highest BCUT2D eigenvalue weighted by molar-refractivity contribution is 5.94. The van der Waals surface area contributed by atoms with Crippen LogP contribution in [0.5, 0.6) is 0 Å². The van der Waals surface area contributed by atoms with Gasteiger partial charge in [-0.25, -0.2) is 14.3 Å². The Bertz CT molecular complexity index is 1940. The van der Waals surface area contributed by atoms with Crippen LogP contribution in [0.1, 0.15) is 47.3 Å². The average molecular weight is 722 g/mol. The summed E-state index contributed by atoms with van der Waals surface area (Å²) in [5.41, 5.74) is 8.18. The fraction of sp³-hybridized carbons (Fsp3) is 0.472. The first-order valence-electron chi connectivity index (χ1n) is 17.5. The highest BCUT2D eigenvalue weighted by Crippen LogP contribution is 2.41. The van der Waals surface area contributed by atoms with Crippen LogP contribution < -0.4 is 20.9 Å². The molecule has 3 aromatic heterocycles. The van der Waals surface area contributed by atoms with Crippen molar-refractivity contribution in [1.29, 1.82) is 0 Å². The predicted molar refractivity (Wildman–Crippen MR) is 188 cm³/mol. The zero-order valence-electron chi connectivity index (χ0n) is 29.0. The Balaban J connectivity index is 0.000000548. The summed E-state index contributed by atoms with van der Waals surface area (Å²) >= 11 is 0. The van der Waals surface area contributed by atoms with E-state index in [0.717, 1.165) is 73.9 Å². The van der Waals surface area contributed by atoms with E-state index in [1.165, 1.54) is 37.1 Å². The van der Waals surface area contributed by atoms with E-state index in [0.29, 0.717) is 16.8 Å². The van der Waals surface area contributed by atoms with Gasteiger partial charge >= 0.3 is 12.1 Å². The SMILES string of the molecule is CNc1cc(N2CCc3c(-c4ccc(CN5CC6(CCNCC6)C5)cn4)cccc32)nn2c(C(=O)N[C@@H]3CC[C@H]3OC)cnc12.O=C(O)C(F)(F)F. The number of piperidine rings is 1. The molecule has 0 radical (unpaired) electrons. The van der Waals surface area contributed by atoms with Gasteiger partial charge in [0.2, 0.25) is 0 Å².